The molecule has 0 heterocycles. The maximum atomic E-state index is 12.3. The Hall–Kier alpha value is -3.72. The van der Waals surface area contributed by atoms with Gasteiger partial charge in [0, 0.05) is 36.9 Å². The van der Waals surface area contributed by atoms with E-state index >= 15 is 0 Å². The zero-order valence-electron chi connectivity index (χ0n) is 17.1. The number of methoxy groups -OCH3 is 1. The number of ether oxygens (including phenoxy) is 1. The van der Waals surface area contributed by atoms with Crippen LogP contribution in [0, 0.1) is 0 Å². The maximum Gasteiger partial charge on any atom is 0.251 e. The Kier molecular flexibility index (Phi) is 9.18. The number of aliphatic hydroxyl groups excluding tert-OH is 1. The molecule has 0 spiro atoms. The van der Waals surface area contributed by atoms with Crippen LogP contribution in [0.3, 0.4) is 0 Å². The van der Waals surface area contributed by atoms with Crippen molar-refractivity contribution in [3.63, 3.8) is 0 Å². The van der Waals surface area contributed by atoms with Gasteiger partial charge in [-0.2, -0.15) is 0 Å². The van der Waals surface area contributed by atoms with Crippen molar-refractivity contribution in [2.75, 3.05) is 33.4 Å². The SMILES string of the molecule is COc1cc(C=NCC(=O)c2ccc(C(=O)NCCC(=O)NCCO)cc2)ccc1O. The van der Waals surface area contributed by atoms with Crippen molar-refractivity contribution in [2.24, 2.45) is 4.99 Å². The Balaban J connectivity index is 1.84. The molecule has 0 aromatic heterocycles. The van der Waals surface area contributed by atoms with Gasteiger partial charge in [0.15, 0.2) is 17.3 Å². The van der Waals surface area contributed by atoms with E-state index in [0.29, 0.717) is 22.4 Å². The lowest BCUT2D eigenvalue weighted by molar-refractivity contribution is -0.121. The standard InChI is InChI=1S/C22H25N3O6/c1-31-20-12-15(2-7-18(20)27)13-23-14-19(28)16-3-5-17(6-4-16)22(30)25-9-8-21(29)24-10-11-26/h2-7,12-13,26-27H,8-11,14H2,1H3,(H,24,29)(H,25,30). The Bertz CT molecular complexity index is 941. The predicted octanol–water partition coefficient (Wildman–Crippen LogP) is 0.931. The highest BCUT2D eigenvalue weighted by Crippen LogP contribution is 2.25. The van der Waals surface area contributed by atoms with Crippen LogP contribution in [0.1, 0.15) is 32.7 Å². The monoisotopic (exact) mass is 427 g/mol. The lowest BCUT2D eigenvalue weighted by Gasteiger charge is -2.06. The van der Waals surface area contributed by atoms with Gasteiger partial charge in [-0.1, -0.05) is 12.1 Å². The van der Waals surface area contributed by atoms with Gasteiger partial charge in [-0.05, 0) is 35.9 Å². The van der Waals surface area contributed by atoms with Crippen LogP contribution in [0.2, 0.25) is 0 Å². The molecule has 2 aromatic rings. The Morgan fingerprint density at radius 1 is 1.03 bits per heavy atom. The first kappa shape index (κ1) is 23.6. The summed E-state index contributed by atoms with van der Waals surface area (Å²) in [5, 5.41) is 23.3. The van der Waals surface area contributed by atoms with Crippen molar-refractivity contribution in [1.29, 1.82) is 0 Å². The molecular formula is C22H25N3O6. The number of aliphatic hydroxyl groups is 1. The van der Waals surface area contributed by atoms with Gasteiger partial charge in [-0.3, -0.25) is 19.4 Å². The molecule has 9 heteroatoms. The second-order valence-corrected chi connectivity index (χ2v) is 6.48. The van der Waals surface area contributed by atoms with E-state index in [-0.39, 0.29) is 56.0 Å². The quantitative estimate of drug-likeness (QED) is 0.311. The van der Waals surface area contributed by atoms with Crippen molar-refractivity contribution in [2.45, 2.75) is 6.42 Å². The summed E-state index contributed by atoms with van der Waals surface area (Å²) in [4.78, 5) is 39.9. The molecule has 0 aliphatic rings. The minimum absolute atomic E-state index is 0.0183. The number of carbonyl (C=O) groups is 3. The number of rotatable bonds is 11. The van der Waals surface area contributed by atoms with Gasteiger partial charge in [0.05, 0.1) is 13.7 Å². The first-order chi connectivity index (χ1) is 14.9. The topological polar surface area (TPSA) is 137 Å². The maximum absolute atomic E-state index is 12.3. The highest BCUT2D eigenvalue weighted by atomic mass is 16.5. The largest absolute Gasteiger partial charge is 0.504 e. The molecule has 0 saturated heterocycles. The third kappa shape index (κ3) is 7.56. The number of carbonyl (C=O) groups excluding carboxylic acids is 3. The number of benzene rings is 2. The third-order valence-corrected chi connectivity index (χ3v) is 4.22. The summed E-state index contributed by atoms with van der Waals surface area (Å²) >= 11 is 0. The molecule has 0 atom stereocenters. The molecular weight excluding hydrogens is 402 g/mol. The van der Waals surface area contributed by atoms with Gasteiger partial charge in [0.25, 0.3) is 5.91 Å². The average Bonchev–Trinajstić information content (AvgIpc) is 2.78. The van der Waals surface area contributed by atoms with Crippen LogP contribution in [0.4, 0.5) is 0 Å². The Morgan fingerprint density at radius 3 is 2.42 bits per heavy atom. The fourth-order valence-corrected chi connectivity index (χ4v) is 2.58. The molecule has 0 fully saturated rings. The van der Waals surface area contributed by atoms with E-state index in [2.05, 4.69) is 15.6 Å². The van der Waals surface area contributed by atoms with Crippen LogP contribution in [-0.4, -0.2) is 67.4 Å². The molecule has 0 aliphatic heterocycles. The van der Waals surface area contributed by atoms with Gasteiger partial charge in [-0.15, -0.1) is 0 Å². The van der Waals surface area contributed by atoms with E-state index in [0.717, 1.165) is 0 Å². The number of aromatic hydroxyl groups is 1. The lowest BCUT2D eigenvalue weighted by atomic mass is 10.1. The van der Waals surface area contributed by atoms with Crippen LogP contribution in [0.15, 0.2) is 47.5 Å². The zero-order chi connectivity index (χ0) is 22.6. The van der Waals surface area contributed by atoms with E-state index in [1.807, 2.05) is 0 Å². The van der Waals surface area contributed by atoms with Crippen LogP contribution in [0.5, 0.6) is 11.5 Å². The number of nitrogens with zero attached hydrogens (tertiary/aromatic N) is 1. The summed E-state index contributed by atoms with van der Waals surface area (Å²) in [7, 11) is 1.44. The number of phenolic OH excluding ortho intramolecular Hbond substituents is 1. The Labute approximate surface area is 179 Å². The number of phenols is 1. The number of ketones is 1. The van der Waals surface area contributed by atoms with Crippen molar-refractivity contribution in [1.82, 2.24) is 10.6 Å². The van der Waals surface area contributed by atoms with E-state index in [4.69, 9.17) is 9.84 Å². The summed E-state index contributed by atoms with van der Waals surface area (Å²) in [6.45, 7) is 0.126. The molecule has 9 nitrogen and oxygen atoms in total. The normalized spacial score (nSPS) is 10.6. The molecule has 31 heavy (non-hydrogen) atoms. The van der Waals surface area contributed by atoms with Crippen molar-refractivity contribution in [3.05, 3.63) is 59.2 Å². The third-order valence-electron chi connectivity index (χ3n) is 4.22. The lowest BCUT2D eigenvalue weighted by Crippen LogP contribution is -2.32. The van der Waals surface area contributed by atoms with Crippen molar-refractivity contribution < 1.29 is 29.3 Å². The van der Waals surface area contributed by atoms with Crippen LogP contribution >= 0.6 is 0 Å². The highest BCUT2D eigenvalue weighted by molar-refractivity contribution is 6.00. The molecule has 2 amide bonds. The molecule has 2 rings (SSSR count). The molecule has 0 radical (unpaired) electrons. The van der Waals surface area contributed by atoms with E-state index < -0.39 is 0 Å². The number of Topliss-reactive ketones (excluding diaryl/α,β-unsaturated/α-hetero) is 1. The number of hydrogen-bond donors (Lipinski definition) is 4. The molecule has 0 aliphatic carbocycles. The fourth-order valence-electron chi connectivity index (χ4n) is 2.58. The minimum atomic E-state index is -0.353. The molecule has 0 unspecified atom stereocenters. The van der Waals surface area contributed by atoms with Crippen LogP contribution in [0.25, 0.3) is 0 Å². The first-order valence-corrected chi connectivity index (χ1v) is 9.60. The smallest absolute Gasteiger partial charge is 0.251 e. The predicted molar refractivity (Wildman–Crippen MR) is 115 cm³/mol. The van der Waals surface area contributed by atoms with Gasteiger partial charge >= 0.3 is 0 Å². The summed E-state index contributed by atoms with van der Waals surface area (Å²) in [5.41, 5.74) is 1.46. The number of nitrogens with one attached hydrogen (secondary N) is 2. The fraction of sp³-hybridized carbons (Fsp3) is 0.273. The second-order valence-electron chi connectivity index (χ2n) is 6.48. The van der Waals surface area contributed by atoms with Gasteiger partial charge in [-0.25, -0.2) is 0 Å². The summed E-state index contributed by atoms with van der Waals surface area (Å²) < 4.78 is 5.02. The summed E-state index contributed by atoms with van der Waals surface area (Å²) in [6.07, 6.45) is 1.62. The van der Waals surface area contributed by atoms with Gasteiger partial charge < -0.3 is 25.6 Å². The second kappa shape index (κ2) is 12.1. The van der Waals surface area contributed by atoms with Crippen LogP contribution < -0.4 is 15.4 Å². The summed E-state index contributed by atoms with van der Waals surface area (Å²) in [6, 6.07) is 10.9. The molecule has 4 N–H and O–H groups in total. The molecule has 2 aromatic carbocycles. The van der Waals surface area contributed by atoms with Gasteiger partial charge in [0.2, 0.25) is 5.91 Å². The van der Waals surface area contributed by atoms with Gasteiger partial charge in [0.1, 0.15) is 6.54 Å². The molecule has 0 saturated carbocycles. The first-order valence-electron chi connectivity index (χ1n) is 9.60. The zero-order valence-corrected chi connectivity index (χ0v) is 17.1. The minimum Gasteiger partial charge on any atom is -0.504 e. The highest BCUT2D eigenvalue weighted by Gasteiger charge is 2.09. The number of aliphatic imine (C=N–C) groups is 1. The van der Waals surface area contributed by atoms with Crippen molar-refractivity contribution in [3.8, 4) is 11.5 Å². The summed E-state index contributed by atoms with van der Waals surface area (Å²) in [5.74, 6) is -0.496. The molecule has 0 bridgehead atoms. The van der Waals surface area contributed by atoms with E-state index in [9.17, 15) is 19.5 Å². The van der Waals surface area contributed by atoms with Crippen molar-refractivity contribution >= 4 is 23.8 Å². The van der Waals surface area contributed by atoms with E-state index in [1.165, 1.54) is 31.5 Å². The number of amides is 2. The Morgan fingerprint density at radius 2 is 1.74 bits per heavy atom. The molecule has 164 valence electrons. The number of hydrogen-bond acceptors (Lipinski definition) is 7. The van der Waals surface area contributed by atoms with E-state index in [1.54, 1.807) is 24.3 Å². The average molecular weight is 427 g/mol. The van der Waals surface area contributed by atoms with Crippen LogP contribution in [-0.2, 0) is 4.79 Å².